The average molecular weight is 394 g/mol. The number of sulfonamides is 1. The molecule has 0 amide bonds. The smallest absolute Gasteiger partial charge is 0.322 e. The number of nitrogens with zero attached hydrogens (tertiary/aromatic N) is 1. The Hall–Kier alpha value is -1.32. The first-order chi connectivity index (χ1) is 10.3. The number of carboxylic acids is 1. The standard InChI is InChI=1S/C13H16BrNO6S/c1-20-10-7-11(21-2)12(6-8(10)14)22(18,19)15-5-3-4-9(15)13(16)17/h6-7,9H,3-5H2,1-2H3,(H,16,17). The van der Waals surface area contributed by atoms with Gasteiger partial charge in [0.25, 0.3) is 0 Å². The molecule has 0 radical (unpaired) electrons. The van der Waals surface area contributed by atoms with Gasteiger partial charge in [-0.05, 0) is 34.8 Å². The molecule has 122 valence electrons. The highest BCUT2D eigenvalue weighted by molar-refractivity contribution is 9.10. The number of halogens is 1. The maximum atomic E-state index is 12.8. The summed E-state index contributed by atoms with van der Waals surface area (Å²) in [5.41, 5.74) is 0. The van der Waals surface area contributed by atoms with Crippen molar-refractivity contribution in [3.63, 3.8) is 0 Å². The van der Waals surface area contributed by atoms with E-state index in [1.807, 2.05) is 0 Å². The van der Waals surface area contributed by atoms with E-state index < -0.39 is 22.0 Å². The first-order valence-electron chi connectivity index (χ1n) is 6.49. The van der Waals surface area contributed by atoms with Crippen molar-refractivity contribution < 1.29 is 27.8 Å². The number of hydrogen-bond donors (Lipinski definition) is 1. The monoisotopic (exact) mass is 393 g/mol. The van der Waals surface area contributed by atoms with Gasteiger partial charge in [-0.2, -0.15) is 4.31 Å². The van der Waals surface area contributed by atoms with E-state index in [0.29, 0.717) is 23.1 Å². The number of carboxylic acid groups (broad SMARTS) is 1. The van der Waals surface area contributed by atoms with Crippen molar-refractivity contribution in [3.05, 3.63) is 16.6 Å². The highest BCUT2D eigenvalue weighted by Crippen LogP contribution is 2.38. The second-order valence-corrected chi connectivity index (χ2v) is 7.46. The second kappa shape index (κ2) is 6.43. The van der Waals surface area contributed by atoms with Crippen molar-refractivity contribution in [2.75, 3.05) is 20.8 Å². The summed E-state index contributed by atoms with van der Waals surface area (Å²) in [4.78, 5) is 11.2. The number of hydrogen-bond acceptors (Lipinski definition) is 5. The molecular weight excluding hydrogens is 378 g/mol. The fourth-order valence-electron chi connectivity index (χ4n) is 2.43. The molecule has 1 atom stereocenters. The minimum atomic E-state index is -3.98. The third-order valence-corrected chi connectivity index (χ3v) is 6.06. The predicted molar refractivity (Wildman–Crippen MR) is 81.8 cm³/mol. The van der Waals surface area contributed by atoms with Crippen LogP contribution in [0.2, 0.25) is 0 Å². The zero-order valence-electron chi connectivity index (χ0n) is 12.1. The summed E-state index contributed by atoms with van der Waals surface area (Å²) in [7, 11) is -1.18. The average Bonchev–Trinajstić information content (AvgIpc) is 2.97. The van der Waals surface area contributed by atoms with E-state index in [2.05, 4.69) is 15.9 Å². The van der Waals surface area contributed by atoms with Crippen molar-refractivity contribution in [2.45, 2.75) is 23.8 Å². The minimum absolute atomic E-state index is 0.0872. The molecule has 0 aromatic heterocycles. The third-order valence-electron chi connectivity index (χ3n) is 3.51. The van der Waals surface area contributed by atoms with E-state index in [1.54, 1.807) is 0 Å². The quantitative estimate of drug-likeness (QED) is 0.817. The molecule has 1 aliphatic heterocycles. The van der Waals surface area contributed by atoms with Crippen molar-refractivity contribution in [3.8, 4) is 11.5 Å². The van der Waals surface area contributed by atoms with Gasteiger partial charge in [0.2, 0.25) is 10.0 Å². The molecular formula is C13H16BrNO6S. The first kappa shape index (κ1) is 17.0. The van der Waals surface area contributed by atoms with Crippen LogP contribution < -0.4 is 9.47 Å². The predicted octanol–water partition coefficient (Wildman–Crippen LogP) is 1.70. The van der Waals surface area contributed by atoms with Crippen LogP contribution in [-0.2, 0) is 14.8 Å². The number of methoxy groups -OCH3 is 2. The van der Waals surface area contributed by atoms with Gasteiger partial charge in [0.15, 0.2) is 0 Å². The molecule has 7 nitrogen and oxygen atoms in total. The van der Waals surface area contributed by atoms with Gasteiger partial charge in [-0.1, -0.05) is 0 Å². The molecule has 0 bridgehead atoms. The zero-order valence-corrected chi connectivity index (χ0v) is 14.5. The molecule has 2 rings (SSSR count). The highest BCUT2D eigenvalue weighted by Gasteiger charge is 2.41. The summed E-state index contributed by atoms with van der Waals surface area (Å²) >= 11 is 3.24. The highest BCUT2D eigenvalue weighted by atomic mass is 79.9. The lowest BCUT2D eigenvalue weighted by Gasteiger charge is -2.22. The molecule has 0 saturated carbocycles. The maximum absolute atomic E-state index is 12.8. The van der Waals surface area contributed by atoms with Gasteiger partial charge in [-0.3, -0.25) is 4.79 Å². The molecule has 0 aliphatic carbocycles. The Balaban J connectivity index is 2.54. The Morgan fingerprint density at radius 3 is 2.50 bits per heavy atom. The molecule has 0 spiro atoms. The maximum Gasteiger partial charge on any atom is 0.322 e. The van der Waals surface area contributed by atoms with E-state index >= 15 is 0 Å². The fourth-order valence-corrected chi connectivity index (χ4v) is 4.91. The summed E-state index contributed by atoms with van der Waals surface area (Å²) in [6, 6.07) is 1.77. The van der Waals surface area contributed by atoms with Gasteiger partial charge in [0.05, 0.1) is 18.7 Å². The van der Waals surface area contributed by atoms with E-state index in [1.165, 1.54) is 26.4 Å². The summed E-state index contributed by atoms with van der Waals surface area (Å²) in [5, 5.41) is 9.19. The lowest BCUT2D eigenvalue weighted by atomic mass is 10.2. The van der Waals surface area contributed by atoms with E-state index in [9.17, 15) is 18.3 Å². The van der Waals surface area contributed by atoms with Crippen LogP contribution in [0.15, 0.2) is 21.5 Å². The molecule has 1 N–H and O–H groups in total. The van der Waals surface area contributed by atoms with Crippen molar-refractivity contribution in [1.29, 1.82) is 0 Å². The van der Waals surface area contributed by atoms with Crippen LogP contribution in [-0.4, -0.2) is 50.6 Å². The van der Waals surface area contributed by atoms with E-state index in [4.69, 9.17) is 9.47 Å². The Labute approximate surface area is 137 Å². The van der Waals surface area contributed by atoms with Gasteiger partial charge in [0.1, 0.15) is 22.4 Å². The SMILES string of the molecule is COc1cc(OC)c(S(=O)(=O)N2CCCC2C(=O)O)cc1Br. The molecule has 1 aromatic carbocycles. The van der Waals surface area contributed by atoms with Crippen LogP contribution in [0.1, 0.15) is 12.8 Å². The number of rotatable bonds is 5. The van der Waals surface area contributed by atoms with E-state index in [0.717, 1.165) is 4.31 Å². The van der Waals surface area contributed by atoms with E-state index in [-0.39, 0.29) is 17.2 Å². The molecule has 1 aromatic rings. The number of carbonyl (C=O) groups is 1. The summed E-state index contributed by atoms with van der Waals surface area (Å²) in [6.45, 7) is 0.173. The lowest BCUT2D eigenvalue weighted by Crippen LogP contribution is -2.40. The number of benzene rings is 1. The molecule has 1 saturated heterocycles. The molecule has 9 heteroatoms. The third kappa shape index (κ3) is 2.92. The number of aliphatic carboxylic acids is 1. The van der Waals surface area contributed by atoms with Gasteiger partial charge >= 0.3 is 5.97 Å². The van der Waals surface area contributed by atoms with Crippen LogP contribution in [0.4, 0.5) is 0 Å². The normalized spacial score (nSPS) is 19.1. The molecule has 1 fully saturated rings. The number of ether oxygens (including phenoxy) is 2. The Morgan fingerprint density at radius 2 is 1.95 bits per heavy atom. The first-order valence-corrected chi connectivity index (χ1v) is 8.72. The summed E-state index contributed by atoms with van der Waals surface area (Å²) in [6.07, 6.45) is 0.810. The van der Waals surface area contributed by atoms with Crippen LogP contribution in [0.3, 0.4) is 0 Å². The largest absolute Gasteiger partial charge is 0.495 e. The van der Waals surface area contributed by atoms with Gasteiger partial charge < -0.3 is 14.6 Å². The van der Waals surface area contributed by atoms with Crippen LogP contribution in [0.5, 0.6) is 11.5 Å². The van der Waals surface area contributed by atoms with Crippen molar-refractivity contribution in [1.82, 2.24) is 4.31 Å². The van der Waals surface area contributed by atoms with Crippen molar-refractivity contribution >= 4 is 31.9 Å². The Kier molecular flexibility index (Phi) is 4.98. The Morgan fingerprint density at radius 1 is 1.32 bits per heavy atom. The molecule has 1 heterocycles. The molecule has 22 heavy (non-hydrogen) atoms. The summed E-state index contributed by atoms with van der Waals surface area (Å²) < 4.78 is 37.3. The van der Waals surface area contributed by atoms with Crippen LogP contribution in [0, 0.1) is 0 Å². The zero-order chi connectivity index (χ0) is 16.5. The lowest BCUT2D eigenvalue weighted by molar-refractivity contribution is -0.140. The Bertz CT molecular complexity index is 690. The van der Waals surface area contributed by atoms with Crippen LogP contribution >= 0.6 is 15.9 Å². The molecule has 1 unspecified atom stereocenters. The summed E-state index contributed by atoms with van der Waals surface area (Å²) in [5.74, 6) is -0.615. The van der Waals surface area contributed by atoms with Crippen LogP contribution in [0.25, 0.3) is 0 Å². The van der Waals surface area contributed by atoms with Crippen molar-refractivity contribution in [2.24, 2.45) is 0 Å². The molecule has 1 aliphatic rings. The van der Waals surface area contributed by atoms with Gasteiger partial charge in [0, 0.05) is 12.6 Å². The second-order valence-electron chi connectivity index (χ2n) is 4.75. The topological polar surface area (TPSA) is 93.1 Å². The van der Waals surface area contributed by atoms with Gasteiger partial charge in [-0.25, -0.2) is 8.42 Å². The minimum Gasteiger partial charge on any atom is -0.495 e. The fraction of sp³-hybridized carbons (Fsp3) is 0.462. The van der Waals surface area contributed by atoms with Gasteiger partial charge in [-0.15, -0.1) is 0 Å².